The summed E-state index contributed by atoms with van der Waals surface area (Å²) in [5.41, 5.74) is 3.04. The number of carbonyl (C=O) groups excluding carboxylic acids is 1. The van der Waals surface area contributed by atoms with Crippen molar-refractivity contribution in [2.24, 2.45) is 0 Å². The quantitative estimate of drug-likeness (QED) is 0.541. The zero-order chi connectivity index (χ0) is 18.7. The van der Waals surface area contributed by atoms with Crippen LogP contribution < -0.4 is 0 Å². The van der Waals surface area contributed by atoms with E-state index in [1.165, 1.54) is 0 Å². The Hall–Kier alpha value is -2.01. The van der Waals surface area contributed by atoms with Gasteiger partial charge in [-0.15, -0.1) is 0 Å². The molecular weight excluding hydrogens is 395 g/mol. The average molecular weight is 410 g/mol. The summed E-state index contributed by atoms with van der Waals surface area (Å²) >= 11 is 18.3. The zero-order valence-corrected chi connectivity index (χ0v) is 16.1. The lowest BCUT2D eigenvalue weighted by Crippen LogP contribution is -2.06. The van der Waals surface area contributed by atoms with E-state index < -0.39 is 5.97 Å². The predicted octanol–water partition coefficient (Wildman–Crippen LogP) is 5.80. The van der Waals surface area contributed by atoms with Crippen LogP contribution >= 0.6 is 34.8 Å². The van der Waals surface area contributed by atoms with Crippen molar-refractivity contribution in [1.82, 2.24) is 9.97 Å². The van der Waals surface area contributed by atoms with Crippen molar-refractivity contribution in [3.63, 3.8) is 0 Å². The Balaban J connectivity index is 2.05. The van der Waals surface area contributed by atoms with Gasteiger partial charge in [-0.1, -0.05) is 46.9 Å². The Morgan fingerprint density at radius 2 is 1.77 bits per heavy atom. The molecule has 0 bridgehead atoms. The number of ether oxygens (including phenoxy) is 1. The summed E-state index contributed by atoms with van der Waals surface area (Å²) < 4.78 is 5.04. The van der Waals surface area contributed by atoms with Crippen molar-refractivity contribution in [1.29, 1.82) is 0 Å². The van der Waals surface area contributed by atoms with E-state index in [1.807, 2.05) is 24.3 Å². The molecule has 0 aliphatic carbocycles. The number of aromatic nitrogens is 2. The highest BCUT2D eigenvalue weighted by Gasteiger charge is 2.20. The molecule has 1 N–H and O–H groups in total. The van der Waals surface area contributed by atoms with E-state index in [-0.39, 0.29) is 12.4 Å². The van der Waals surface area contributed by atoms with Gasteiger partial charge in [-0.2, -0.15) is 0 Å². The lowest BCUT2D eigenvalue weighted by molar-refractivity contribution is 0.0513. The van der Waals surface area contributed by atoms with E-state index in [0.717, 1.165) is 11.3 Å². The first-order valence-electron chi connectivity index (χ1n) is 7.93. The van der Waals surface area contributed by atoms with E-state index in [0.29, 0.717) is 32.7 Å². The highest BCUT2D eigenvalue weighted by Crippen LogP contribution is 2.32. The minimum atomic E-state index is -0.513. The molecule has 2 aromatic carbocycles. The molecule has 0 saturated carbocycles. The molecule has 0 aliphatic heterocycles. The fraction of sp³-hybridized carbons (Fsp3) is 0.158. The fourth-order valence-corrected chi connectivity index (χ4v) is 3.17. The SMILES string of the molecule is CCOC(=O)c1nc(-c2ccc(Cl)cc2Cl)c(Cc2ccc(Cl)cc2)[nH]1. The topological polar surface area (TPSA) is 55.0 Å². The maximum absolute atomic E-state index is 12.1. The highest BCUT2D eigenvalue weighted by molar-refractivity contribution is 6.36. The van der Waals surface area contributed by atoms with Crippen LogP contribution in [-0.2, 0) is 11.2 Å². The number of carbonyl (C=O) groups is 1. The molecular formula is C19H15Cl3N2O2. The molecule has 7 heteroatoms. The van der Waals surface area contributed by atoms with Gasteiger partial charge in [-0.25, -0.2) is 9.78 Å². The smallest absolute Gasteiger partial charge is 0.374 e. The second-order valence-electron chi connectivity index (χ2n) is 5.56. The number of benzene rings is 2. The Morgan fingerprint density at radius 3 is 2.42 bits per heavy atom. The molecule has 0 atom stereocenters. The number of imidazole rings is 1. The van der Waals surface area contributed by atoms with Crippen molar-refractivity contribution in [3.05, 3.63) is 74.6 Å². The van der Waals surface area contributed by atoms with Crippen LogP contribution in [0, 0.1) is 0 Å². The molecule has 26 heavy (non-hydrogen) atoms. The molecule has 1 aromatic heterocycles. The molecule has 134 valence electrons. The number of rotatable bonds is 5. The van der Waals surface area contributed by atoms with Crippen molar-refractivity contribution < 1.29 is 9.53 Å². The molecule has 0 fully saturated rings. The molecule has 3 rings (SSSR count). The van der Waals surface area contributed by atoms with Crippen molar-refractivity contribution in [2.45, 2.75) is 13.3 Å². The summed E-state index contributed by atoms with van der Waals surface area (Å²) in [4.78, 5) is 19.6. The van der Waals surface area contributed by atoms with Gasteiger partial charge in [-0.05, 0) is 42.8 Å². The van der Waals surface area contributed by atoms with E-state index in [9.17, 15) is 4.79 Å². The molecule has 0 aliphatic rings. The second kappa shape index (κ2) is 8.12. The van der Waals surface area contributed by atoms with Crippen LogP contribution in [0.3, 0.4) is 0 Å². The van der Waals surface area contributed by atoms with Gasteiger partial charge < -0.3 is 9.72 Å². The Morgan fingerprint density at radius 1 is 1.08 bits per heavy atom. The largest absolute Gasteiger partial charge is 0.460 e. The van der Waals surface area contributed by atoms with Crippen molar-refractivity contribution in [2.75, 3.05) is 6.61 Å². The van der Waals surface area contributed by atoms with Crippen LogP contribution in [-0.4, -0.2) is 22.5 Å². The minimum Gasteiger partial charge on any atom is -0.460 e. The first-order chi connectivity index (χ1) is 12.5. The standard InChI is InChI=1S/C19H15Cl3N2O2/c1-2-26-19(25)18-23-16(9-11-3-5-12(20)6-4-11)17(24-18)14-8-7-13(21)10-15(14)22/h3-8,10H,2,9H2,1H3,(H,23,24). The molecule has 0 saturated heterocycles. The van der Waals surface area contributed by atoms with Crippen LogP contribution in [0.2, 0.25) is 15.1 Å². The highest BCUT2D eigenvalue weighted by atomic mass is 35.5. The lowest BCUT2D eigenvalue weighted by Gasteiger charge is -2.06. The molecule has 4 nitrogen and oxygen atoms in total. The molecule has 0 spiro atoms. The van der Waals surface area contributed by atoms with Gasteiger partial charge >= 0.3 is 5.97 Å². The van der Waals surface area contributed by atoms with Crippen LogP contribution in [0.15, 0.2) is 42.5 Å². The van der Waals surface area contributed by atoms with Gasteiger partial charge in [-0.3, -0.25) is 0 Å². The molecule has 1 heterocycles. The van der Waals surface area contributed by atoms with E-state index in [4.69, 9.17) is 39.5 Å². The third kappa shape index (κ3) is 4.21. The van der Waals surface area contributed by atoms with Gasteiger partial charge in [0, 0.05) is 27.7 Å². The number of halogens is 3. The number of nitrogens with zero attached hydrogens (tertiary/aromatic N) is 1. The van der Waals surface area contributed by atoms with Crippen LogP contribution in [0.4, 0.5) is 0 Å². The minimum absolute atomic E-state index is 0.136. The number of H-pyrrole nitrogens is 1. The summed E-state index contributed by atoms with van der Waals surface area (Å²) in [5, 5.41) is 1.64. The zero-order valence-electron chi connectivity index (χ0n) is 13.9. The Bertz CT molecular complexity index is 936. The van der Waals surface area contributed by atoms with Crippen LogP contribution in [0.1, 0.15) is 28.8 Å². The lowest BCUT2D eigenvalue weighted by atomic mass is 10.0. The molecule has 3 aromatic rings. The molecule has 0 radical (unpaired) electrons. The third-order valence-electron chi connectivity index (χ3n) is 3.73. The number of aromatic amines is 1. The molecule has 0 unspecified atom stereocenters. The average Bonchev–Trinajstić information content (AvgIpc) is 3.01. The van der Waals surface area contributed by atoms with Crippen LogP contribution in [0.25, 0.3) is 11.3 Å². The second-order valence-corrected chi connectivity index (χ2v) is 6.84. The maximum Gasteiger partial charge on any atom is 0.374 e. The first kappa shape index (κ1) is 18.8. The summed E-state index contributed by atoms with van der Waals surface area (Å²) in [6, 6.07) is 12.6. The van der Waals surface area contributed by atoms with Crippen molar-refractivity contribution in [3.8, 4) is 11.3 Å². The summed E-state index contributed by atoms with van der Waals surface area (Å²) in [5.74, 6) is -0.377. The van der Waals surface area contributed by atoms with E-state index >= 15 is 0 Å². The summed E-state index contributed by atoms with van der Waals surface area (Å²) in [6.07, 6.45) is 0.526. The molecule has 0 amide bonds. The maximum atomic E-state index is 12.1. The van der Waals surface area contributed by atoms with Crippen molar-refractivity contribution >= 4 is 40.8 Å². The third-order valence-corrected chi connectivity index (χ3v) is 4.53. The monoisotopic (exact) mass is 408 g/mol. The predicted molar refractivity (Wildman–Crippen MR) is 104 cm³/mol. The number of esters is 1. The van der Waals surface area contributed by atoms with Crippen LogP contribution in [0.5, 0.6) is 0 Å². The summed E-state index contributed by atoms with van der Waals surface area (Å²) in [6.45, 7) is 2.01. The van der Waals surface area contributed by atoms with E-state index in [1.54, 1.807) is 25.1 Å². The Labute approximate surface area is 166 Å². The van der Waals surface area contributed by atoms with Gasteiger partial charge in [0.2, 0.25) is 5.82 Å². The van der Waals surface area contributed by atoms with E-state index in [2.05, 4.69) is 9.97 Å². The van der Waals surface area contributed by atoms with Gasteiger partial charge in [0.05, 0.1) is 17.3 Å². The number of nitrogens with one attached hydrogen (secondary N) is 1. The number of hydrogen-bond donors (Lipinski definition) is 1. The normalized spacial score (nSPS) is 10.8. The van der Waals surface area contributed by atoms with Gasteiger partial charge in [0.15, 0.2) is 0 Å². The fourth-order valence-electron chi connectivity index (χ4n) is 2.54. The number of hydrogen-bond acceptors (Lipinski definition) is 3. The summed E-state index contributed by atoms with van der Waals surface area (Å²) in [7, 11) is 0. The van der Waals surface area contributed by atoms with Gasteiger partial charge in [0.25, 0.3) is 0 Å². The Kier molecular flexibility index (Phi) is 5.87. The van der Waals surface area contributed by atoms with Gasteiger partial charge in [0.1, 0.15) is 0 Å². The first-order valence-corrected chi connectivity index (χ1v) is 9.07.